The standard InChI is InChI=1S/C24H30N2O4/c1-23(2,3)16-8-7-9-17(14-16)25-21(28)19-12-15(10-11-18(19)22(29)30)13-20(27)26-24(4,5)6/h7-12,14H,13H2,1-6H3,(H,25,28)(H,26,27)(H,29,30). The second kappa shape index (κ2) is 8.69. The van der Waals surface area contributed by atoms with Crippen molar-refractivity contribution in [2.45, 2.75) is 58.9 Å². The lowest BCUT2D eigenvalue weighted by atomic mass is 9.87. The molecule has 0 radical (unpaired) electrons. The van der Waals surface area contributed by atoms with Crippen LogP contribution in [0.15, 0.2) is 42.5 Å². The average molecular weight is 411 g/mol. The van der Waals surface area contributed by atoms with Crippen molar-refractivity contribution < 1.29 is 19.5 Å². The molecule has 2 rings (SSSR count). The summed E-state index contributed by atoms with van der Waals surface area (Å²) in [6, 6.07) is 11.8. The van der Waals surface area contributed by atoms with Gasteiger partial charge in [0.15, 0.2) is 0 Å². The van der Waals surface area contributed by atoms with E-state index in [-0.39, 0.29) is 34.4 Å². The molecule has 0 saturated heterocycles. The number of anilines is 1. The van der Waals surface area contributed by atoms with E-state index in [0.717, 1.165) is 5.56 Å². The van der Waals surface area contributed by atoms with Gasteiger partial charge in [-0.05, 0) is 61.6 Å². The number of carboxylic acids is 1. The Labute approximate surface area is 177 Å². The van der Waals surface area contributed by atoms with Crippen LogP contribution in [0.4, 0.5) is 5.69 Å². The molecule has 3 N–H and O–H groups in total. The fourth-order valence-corrected chi connectivity index (χ4v) is 2.99. The Hall–Kier alpha value is -3.15. The fraction of sp³-hybridized carbons (Fsp3) is 0.375. The molecule has 6 nitrogen and oxygen atoms in total. The molecule has 2 aromatic rings. The average Bonchev–Trinajstić information content (AvgIpc) is 2.59. The summed E-state index contributed by atoms with van der Waals surface area (Å²) in [5.41, 5.74) is 1.63. The van der Waals surface area contributed by atoms with Gasteiger partial charge >= 0.3 is 5.97 Å². The van der Waals surface area contributed by atoms with Gasteiger partial charge in [0, 0.05) is 11.2 Å². The Morgan fingerprint density at radius 1 is 0.900 bits per heavy atom. The summed E-state index contributed by atoms with van der Waals surface area (Å²) in [4.78, 5) is 36.7. The first kappa shape index (κ1) is 23.1. The van der Waals surface area contributed by atoms with Crippen molar-refractivity contribution in [3.63, 3.8) is 0 Å². The molecule has 2 amide bonds. The minimum absolute atomic E-state index is 0.0183. The van der Waals surface area contributed by atoms with Crippen LogP contribution >= 0.6 is 0 Å². The zero-order valence-electron chi connectivity index (χ0n) is 18.4. The largest absolute Gasteiger partial charge is 0.478 e. The normalized spacial score (nSPS) is 11.7. The van der Waals surface area contributed by atoms with Crippen molar-refractivity contribution in [2.75, 3.05) is 5.32 Å². The summed E-state index contributed by atoms with van der Waals surface area (Å²) in [7, 11) is 0. The molecule has 30 heavy (non-hydrogen) atoms. The summed E-state index contributed by atoms with van der Waals surface area (Å²) in [6.07, 6.45) is 0.0525. The third-order valence-electron chi connectivity index (χ3n) is 4.42. The van der Waals surface area contributed by atoms with E-state index in [4.69, 9.17) is 0 Å². The number of hydrogen-bond donors (Lipinski definition) is 3. The maximum Gasteiger partial charge on any atom is 0.336 e. The number of benzene rings is 2. The minimum atomic E-state index is -1.20. The highest BCUT2D eigenvalue weighted by molar-refractivity contribution is 6.11. The first-order valence-corrected chi connectivity index (χ1v) is 9.85. The van der Waals surface area contributed by atoms with Gasteiger partial charge in [0.05, 0.1) is 17.5 Å². The van der Waals surface area contributed by atoms with Crippen LogP contribution in [-0.2, 0) is 16.6 Å². The van der Waals surface area contributed by atoms with Gasteiger partial charge in [0.2, 0.25) is 5.91 Å². The maximum atomic E-state index is 12.9. The van der Waals surface area contributed by atoms with Crippen LogP contribution in [0.25, 0.3) is 0 Å². The minimum Gasteiger partial charge on any atom is -0.478 e. The number of carbonyl (C=O) groups excluding carboxylic acids is 2. The van der Waals surface area contributed by atoms with E-state index in [1.807, 2.05) is 39.0 Å². The second-order valence-electron chi connectivity index (χ2n) is 9.44. The molecule has 0 fully saturated rings. The van der Waals surface area contributed by atoms with Crippen LogP contribution in [0.5, 0.6) is 0 Å². The van der Waals surface area contributed by atoms with Crippen molar-refractivity contribution in [3.05, 3.63) is 64.7 Å². The first-order valence-electron chi connectivity index (χ1n) is 9.85. The Balaban J connectivity index is 2.31. The van der Waals surface area contributed by atoms with Crippen LogP contribution in [0, 0.1) is 0 Å². The van der Waals surface area contributed by atoms with Crippen LogP contribution in [0.3, 0.4) is 0 Å². The lowest BCUT2D eigenvalue weighted by Gasteiger charge is -2.21. The van der Waals surface area contributed by atoms with Gasteiger partial charge < -0.3 is 15.7 Å². The first-order chi connectivity index (χ1) is 13.8. The molecular formula is C24H30N2O4. The molecule has 0 spiro atoms. The number of aromatic carboxylic acids is 1. The number of carboxylic acid groups (broad SMARTS) is 1. The summed E-state index contributed by atoms with van der Waals surface area (Å²) in [5, 5.41) is 15.1. The number of nitrogens with one attached hydrogen (secondary N) is 2. The van der Waals surface area contributed by atoms with Crippen LogP contribution in [-0.4, -0.2) is 28.4 Å². The van der Waals surface area contributed by atoms with Gasteiger partial charge in [-0.3, -0.25) is 9.59 Å². The van der Waals surface area contributed by atoms with E-state index in [2.05, 4.69) is 31.4 Å². The molecule has 0 heterocycles. The molecule has 0 atom stereocenters. The smallest absolute Gasteiger partial charge is 0.336 e. The highest BCUT2D eigenvalue weighted by Gasteiger charge is 2.20. The Bertz CT molecular complexity index is 966. The van der Waals surface area contributed by atoms with Gasteiger partial charge in [0.25, 0.3) is 5.91 Å². The summed E-state index contributed by atoms with van der Waals surface area (Å²) >= 11 is 0. The van der Waals surface area contributed by atoms with E-state index in [0.29, 0.717) is 11.3 Å². The van der Waals surface area contributed by atoms with E-state index in [1.165, 1.54) is 12.1 Å². The highest BCUT2D eigenvalue weighted by atomic mass is 16.4. The zero-order valence-corrected chi connectivity index (χ0v) is 18.4. The third kappa shape index (κ3) is 6.44. The van der Waals surface area contributed by atoms with Crippen molar-refractivity contribution in [1.29, 1.82) is 0 Å². The monoisotopic (exact) mass is 410 g/mol. The van der Waals surface area contributed by atoms with Crippen molar-refractivity contribution in [3.8, 4) is 0 Å². The Morgan fingerprint density at radius 3 is 2.13 bits per heavy atom. The molecular weight excluding hydrogens is 380 g/mol. The fourth-order valence-electron chi connectivity index (χ4n) is 2.99. The van der Waals surface area contributed by atoms with Gasteiger partial charge in [-0.2, -0.15) is 0 Å². The van der Waals surface area contributed by atoms with E-state index in [1.54, 1.807) is 12.1 Å². The molecule has 0 aromatic heterocycles. The van der Waals surface area contributed by atoms with Crippen molar-refractivity contribution in [1.82, 2.24) is 5.32 Å². The molecule has 0 saturated carbocycles. The van der Waals surface area contributed by atoms with Crippen LogP contribution in [0.2, 0.25) is 0 Å². The lowest BCUT2D eigenvalue weighted by Crippen LogP contribution is -2.41. The predicted molar refractivity (Wildman–Crippen MR) is 118 cm³/mol. The number of rotatable bonds is 5. The van der Waals surface area contributed by atoms with E-state index < -0.39 is 11.9 Å². The highest BCUT2D eigenvalue weighted by Crippen LogP contribution is 2.25. The van der Waals surface area contributed by atoms with Gasteiger partial charge in [0.1, 0.15) is 0 Å². The molecule has 160 valence electrons. The molecule has 0 aliphatic carbocycles. The number of amides is 2. The molecule has 0 aliphatic rings. The third-order valence-corrected chi connectivity index (χ3v) is 4.42. The van der Waals surface area contributed by atoms with E-state index >= 15 is 0 Å². The van der Waals surface area contributed by atoms with Gasteiger partial charge in [-0.1, -0.05) is 39.0 Å². The van der Waals surface area contributed by atoms with Gasteiger partial charge in [-0.15, -0.1) is 0 Å². The second-order valence-corrected chi connectivity index (χ2v) is 9.44. The maximum absolute atomic E-state index is 12.9. The van der Waals surface area contributed by atoms with Crippen molar-refractivity contribution in [2.24, 2.45) is 0 Å². The molecule has 0 unspecified atom stereocenters. The Kier molecular flexibility index (Phi) is 6.70. The number of carbonyl (C=O) groups is 3. The number of hydrogen-bond acceptors (Lipinski definition) is 3. The summed E-state index contributed by atoms with van der Waals surface area (Å²) in [5.74, 6) is -1.93. The zero-order chi connectivity index (χ0) is 22.7. The van der Waals surface area contributed by atoms with Crippen molar-refractivity contribution >= 4 is 23.5 Å². The SMILES string of the molecule is CC(C)(C)NC(=O)Cc1ccc(C(=O)O)c(C(=O)Nc2cccc(C(C)(C)C)c2)c1. The quantitative estimate of drug-likeness (QED) is 0.681. The molecule has 6 heteroatoms. The summed E-state index contributed by atoms with van der Waals surface area (Å²) in [6.45, 7) is 11.8. The van der Waals surface area contributed by atoms with Crippen LogP contribution in [0.1, 0.15) is 73.4 Å². The predicted octanol–water partition coefficient (Wildman–Crippen LogP) is 4.39. The molecule has 0 bridgehead atoms. The van der Waals surface area contributed by atoms with Gasteiger partial charge in [-0.25, -0.2) is 4.79 Å². The van der Waals surface area contributed by atoms with E-state index in [9.17, 15) is 19.5 Å². The lowest BCUT2D eigenvalue weighted by molar-refractivity contribution is -0.121. The Morgan fingerprint density at radius 2 is 1.57 bits per heavy atom. The topological polar surface area (TPSA) is 95.5 Å². The molecule has 2 aromatic carbocycles. The van der Waals surface area contributed by atoms with Crippen LogP contribution < -0.4 is 10.6 Å². The molecule has 0 aliphatic heterocycles. The summed E-state index contributed by atoms with van der Waals surface area (Å²) < 4.78 is 0.